The molecule has 1 aromatic heterocycles. The Morgan fingerprint density at radius 2 is 1.80 bits per heavy atom. The number of hydrogen-bond acceptors (Lipinski definition) is 3. The Balaban J connectivity index is 2.36. The van der Waals surface area contributed by atoms with Gasteiger partial charge >= 0.3 is 6.18 Å². The van der Waals surface area contributed by atoms with Crippen LogP contribution >= 0.6 is 39.1 Å². The van der Waals surface area contributed by atoms with Crippen LogP contribution in [0.2, 0.25) is 10.3 Å². The molecule has 9 heteroatoms. The van der Waals surface area contributed by atoms with Crippen LogP contribution in [0.15, 0.2) is 28.7 Å². The van der Waals surface area contributed by atoms with Crippen molar-refractivity contribution in [3.8, 4) is 11.6 Å². The van der Waals surface area contributed by atoms with E-state index in [2.05, 4.69) is 25.9 Å². The van der Waals surface area contributed by atoms with Gasteiger partial charge in [0.15, 0.2) is 5.69 Å². The summed E-state index contributed by atoms with van der Waals surface area (Å²) >= 11 is 14.5. The average Bonchev–Trinajstić information content (AvgIpc) is 2.31. The number of alkyl halides is 3. The molecule has 0 bridgehead atoms. The molecule has 0 aliphatic heterocycles. The van der Waals surface area contributed by atoms with E-state index in [9.17, 15) is 13.2 Å². The van der Waals surface area contributed by atoms with Crippen LogP contribution in [0.3, 0.4) is 0 Å². The van der Waals surface area contributed by atoms with Crippen LogP contribution in [0.5, 0.6) is 11.6 Å². The standard InChI is InChI=1S/C11H4BrCl2F3N2O/c12-5-1-2-7(6(13)3-5)20-9-4-8(11(15,16)17)18-10(14)19-9/h1-4H. The maximum absolute atomic E-state index is 12.6. The fraction of sp³-hybridized carbons (Fsp3) is 0.0909. The van der Waals surface area contributed by atoms with Crippen molar-refractivity contribution in [2.75, 3.05) is 0 Å². The van der Waals surface area contributed by atoms with Gasteiger partial charge < -0.3 is 4.74 Å². The van der Waals surface area contributed by atoms with Gasteiger partial charge in [-0.1, -0.05) is 27.5 Å². The van der Waals surface area contributed by atoms with Gasteiger partial charge in [-0.3, -0.25) is 0 Å². The molecule has 106 valence electrons. The van der Waals surface area contributed by atoms with Gasteiger partial charge in [-0.05, 0) is 29.8 Å². The van der Waals surface area contributed by atoms with Gasteiger partial charge in [0.1, 0.15) is 5.75 Å². The van der Waals surface area contributed by atoms with E-state index in [1.807, 2.05) is 0 Å². The molecule has 0 amide bonds. The maximum Gasteiger partial charge on any atom is 0.433 e. The Bertz CT molecular complexity index is 652. The third kappa shape index (κ3) is 3.74. The summed E-state index contributed by atoms with van der Waals surface area (Å²) in [5, 5.41) is -0.356. The molecule has 2 rings (SSSR count). The second-order valence-electron chi connectivity index (χ2n) is 3.54. The zero-order valence-corrected chi connectivity index (χ0v) is 12.5. The van der Waals surface area contributed by atoms with Crippen molar-refractivity contribution in [2.24, 2.45) is 0 Å². The minimum atomic E-state index is -4.64. The third-order valence-electron chi connectivity index (χ3n) is 2.07. The fourth-order valence-electron chi connectivity index (χ4n) is 1.26. The van der Waals surface area contributed by atoms with Crippen molar-refractivity contribution in [3.63, 3.8) is 0 Å². The molecule has 0 fully saturated rings. The minimum absolute atomic E-state index is 0.151. The predicted molar refractivity (Wildman–Crippen MR) is 71.3 cm³/mol. The van der Waals surface area contributed by atoms with Crippen molar-refractivity contribution in [1.29, 1.82) is 0 Å². The number of benzene rings is 1. The molecule has 1 heterocycles. The molecule has 0 atom stereocenters. The van der Waals surface area contributed by atoms with Crippen molar-refractivity contribution in [1.82, 2.24) is 9.97 Å². The lowest BCUT2D eigenvalue weighted by Gasteiger charge is -2.10. The number of nitrogens with zero attached hydrogens (tertiary/aromatic N) is 2. The monoisotopic (exact) mass is 386 g/mol. The Labute approximate surface area is 129 Å². The van der Waals surface area contributed by atoms with Crippen LogP contribution in [0, 0.1) is 0 Å². The molecular formula is C11H4BrCl2F3N2O. The molecule has 0 radical (unpaired) electrons. The molecular weight excluding hydrogens is 384 g/mol. The van der Waals surface area contributed by atoms with Crippen molar-refractivity contribution < 1.29 is 17.9 Å². The summed E-state index contributed by atoms with van der Waals surface area (Å²) < 4.78 is 43.6. The minimum Gasteiger partial charge on any atom is -0.437 e. The Morgan fingerprint density at radius 1 is 1.10 bits per heavy atom. The lowest BCUT2D eigenvalue weighted by molar-refractivity contribution is -0.141. The van der Waals surface area contributed by atoms with Crippen LogP contribution in [0.1, 0.15) is 5.69 Å². The van der Waals surface area contributed by atoms with Crippen LogP contribution in [0.4, 0.5) is 13.2 Å². The zero-order valence-electron chi connectivity index (χ0n) is 9.38. The van der Waals surface area contributed by atoms with Crippen molar-refractivity contribution >= 4 is 39.1 Å². The number of ether oxygens (including phenoxy) is 1. The Morgan fingerprint density at radius 3 is 2.40 bits per heavy atom. The summed E-state index contributed by atoms with van der Waals surface area (Å²) in [6, 6.07) is 5.28. The predicted octanol–water partition coefficient (Wildman–Crippen LogP) is 5.36. The van der Waals surface area contributed by atoms with Gasteiger partial charge in [0.2, 0.25) is 11.2 Å². The van der Waals surface area contributed by atoms with E-state index in [4.69, 9.17) is 27.9 Å². The van der Waals surface area contributed by atoms with E-state index < -0.39 is 17.2 Å². The molecule has 0 spiro atoms. The van der Waals surface area contributed by atoms with E-state index in [0.29, 0.717) is 10.5 Å². The SMILES string of the molecule is FC(F)(F)c1cc(Oc2ccc(Br)cc2Cl)nc(Cl)n1. The van der Waals surface area contributed by atoms with Crippen molar-refractivity contribution in [2.45, 2.75) is 6.18 Å². The first kappa shape index (κ1) is 15.3. The highest BCUT2D eigenvalue weighted by Crippen LogP contribution is 2.34. The summed E-state index contributed by atoms with van der Waals surface area (Å²) in [5.74, 6) is -0.195. The summed E-state index contributed by atoms with van der Waals surface area (Å²) in [4.78, 5) is 6.66. The molecule has 0 saturated carbocycles. The maximum atomic E-state index is 12.6. The number of halogens is 6. The van der Waals surface area contributed by atoms with Crippen LogP contribution in [-0.4, -0.2) is 9.97 Å². The largest absolute Gasteiger partial charge is 0.437 e. The first-order chi connectivity index (χ1) is 9.25. The second kappa shape index (κ2) is 5.75. The van der Waals surface area contributed by atoms with E-state index >= 15 is 0 Å². The molecule has 20 heavy (non-hydrogen) atoms. The molecule has 0 unspecified atom stereocenters. The molecule has 0 N–H and O–H groups in total. The smallest absolute Gasteiger partial charge is 0.433 e. The zero-order chi connectivity index (χ0) is 14.9. The second-order valence-corrected chi connectivity index (χ2v) is 5.20. The Hall–Kier alpha value is -1.05. The molecule has 3 nitrogen and oxygen atoms in total. The van der Waals surface area contributed by atoms with Gasteiger partial charge in [-0.25, -0.2) is 4.98 Å². The summed E-state index contributed by atoms with van der Waals surface area (Å²) in [7, 11) is 0. The number of rotatable bonds is 2. The van der Waals surface area contributed by atoms with Gasteiger partial charge in [0.25, 0.3) is 0 Å². The number of hydrogen-bond donors (Lipinski definition) is 0. The fourth-order valence-corrected chi connectivity index (χ4v) is 2.15. The lowest BCUT2D eigenvalue weighted by Crippen LogP contribution is -2.09. The van der Waals surface area contributed by atoms with Gasteiger partial charge in [-0.2, -0.15) is 18.2 Å². The molecule has 1 aromatic carbocycles. The van der Waals surface area contributed by atoms with E-state index in [-0.39, 0.29) is 16.7 Å². The van der Waals surface area contributed by atoms with E-state index in [1.54, 1.807) is 6.07 Å². The normalized spacial score (nSPS) is 11.5. The summed E-state index contributed by atoms with van der Waals surface area (Å²) in [6.07, 6.45) is -4.64. The topological polar surface area (TPSA) is 35.0 Å². The third-order valence-corrected chi connectivity index (χ3v) is 3.03. The van der Waals surface area contributed by atoms with Crippen LogP contribution in [0.25, 0.3) is 0 Å². The first-order valence-electron chi connectivity index (χ1n) is 5.00. The van der Waals surface area contributed by atoms with Crippen LogP contribution < -0.4 is 4.74 Å². The molecule has 0 aliphatic carbocycles. The molecule has 2 aromatic rings. The van der Waals surface area contributed by atoms with Crippen molar-refractivity contribution in [3.05, 3.63) is 44.7 Å². The number of aromatic nitrogens is 2. The van der Waals surface area contributed by atoms with Crippen LogP contribution in [-0.2, 0) is 6.18 Å². The first-order valence-corrected chi connectivity index (χ1v) is 6.55. The quantitative estimate of drug-likeness (QED) is 0.651. The lowest BCUT2D eigenvalue weighted by atomic mass is 10.3. The highest BCUT2D eigenvalue weighted by molar-refractivity contribution is 9.10. The highest BCUT2D eigenvalue weighted by atomic mass is 79.9. The van der Waals surface area contributed by atoms with Gasteiger partial charge in [0, 0.05) is 10.5 Å². The summed E-state index contributed by atoms with van der Waals surface area (Å²) in [5.41, 5.74) is -1.19. The average molecular weight is 388 g/mol. The highest BCUT2D eigenvalue weighted by Gasteiger charge is 2.34. The summed E-state index contributed by atoms with van der Waals surface area (Å²) in [6.45, 7) is 0. The van der Waals surface area contributed by atoms with Gasteiger partial charge in [-0.15, -0.1) is 0 Å². The van der Waals surface area contributed by atoms with E-state index in [1.165, 1.54) is 12.1 Å². The van der Waals surface area contributed by atoms with Gasteiger partial charge in [0.05, 0.1) is 5.02 Å². The molecule has 0 saturated heterocycles. The van der Waals surface area contributed by atoms with E-state index in [0.717, 1.165) is 0 Å². The Kier molecular flexibility index (Phi) is 4.41. The molecule has 0 aliphatic rings.